The Morgan fingerprint density at radius 2 is 1.97 bits per heavy atom. The Bertz CT molecular complexity index is 1280. The number of nitrogens with one attached hydrogen (secondary N) is 1. The third-order valence-electron chi connectivity index (χ3n) is 4.56. The Hall–Kier alpha value is -3.46. The Labute approximate surface area is 168 Å². The topological polar surface area (TPSA) is 98.5 Å². The van der Waals surface area contributed by atoms with Gasteiger partial charge in [-0.25, -0.2) is 8.42 Å². The molecule has 0 unspecified atom stereocenters. The fraction of sp³-hybridized carbons (Fsp3) is 0.150. The quantitative estimate of drug-likeness (QED) is 0.523. The summed E-state index contributed by atoms with van der Waals surface area (Å²) in [5.74, 6) is 1.60. The van der Waals surface area contributed by atoms with Gasteiger partial charge in [0.15, 0.2) is 15.5 Å². The minimum atomic E-state index is -3.36. The van der Waals surface area contributed by atoms with E-state index in [1.807, 2.05) is 40.8 Å². The lowest BCUT2D eigenvalue weighted by Crippen LogP contribution is -2.06. The fourth-order valence-electron chi connectivity index (χ4n) is 3.09. The molecule has 0 saturated heterocycles. The van der Waals surface area contributed by atoms with Crippen LogP contribution in [0.25, 0.3) is 16.8 Å². The highest BCUT2D eigenvalue weighted by molar-refractivity contribution is 7.90. The zero-order chi connectivity index (χ0) is 20.4. The first-order valence-electron chi connectivity index (χ1n) is 8.81. The minimum absolute atomic E-state index is 0.158. The van der Waals surface area contributed by atoms with Gasteiger partial charge in [0.25, 0.3) is 0 Å². The van der Waals surface area contributed by atoms with Crippen LogP contribution in [0.3, 0.4) is 0 Å². The summed E-state index contributed by atoms with van der Waals surface area (Å²) in [6.07, 6.45) is 5.71. The highest BCUT2D eigenvalue weighted by Gasteiger charge is 2.14. The number of pyridine rings is 2. The van der Waals surface area contributed by atoms with Gasteiger partial charge < -0.3 is 10.1 Å². The van der Waals surface area contributed by atoms with Crippen LogP contribution < -0.4 is 10.1 Å². The van der Waals surface area contributed by atoms with Crippen molar-refractivity contribution in [3.63, 3.8) is 0 Å². The predicted octanol–water partition coefficient (Wildman–Crippen LogP) is 2.82. The average Bonchev–Trinajstić information content (AvgIpc) is 3.22. The lowest BCUT2D eigenvalue weighted by molar-refractivity contribution is 0.410. The molecule has 0 aliphatic rings. The summed E-state index contributed by atoms with van der Waals surface area (Å²) in [6.45, 7) is 0.557. The fourth-order valence-corrected chi connectivity index (χ4v) is 3.68. The van der Waals surface area contributed by atoms with Crippen LogP contribution in [0.5, 0.6) is 5.75 Å². The van der Waals surface area contributed by atoms with Crippen LogP contribution in [0.15, 0.2) is 66.1 Å². The highest BCUT2D eigenvalue weighted by atomic mass is 32.2. The first-order valence-corrected chi connectivity index (χ1v) is 10.7. The van der Waals surface area contributed by atoms with Crippen molar-refractivity contribution in [2.45, 2.75) is 11.4 Å². The Kier molecular flexibility index (Phi) is 4.89. The molecular weight excluding hydrogens is 390 g/mol. The average molecular weight is 409 g/mol. The monoisotopic (exact) mass is 409 g/mol. The molecule has 4 aromatic rings. The van der Waals surface area contributed by atoms with Gasteiger partial charge in [0.05, 0.1) is 12.0 Å². The normalized spacial score (nSPS) is 11.5. The van der Waals surface area contributed by atoms with E-state index in [9.17, 15) is 8.42 Å². The van der Waals surface area contributed by atoms with Crippen LogP contribution in [0, 0.1) is 0 Å². The summed E-state index contributed by atoms with van der Waals surface area (Å²) in [6, 6.07) is 13.1. The molecule has 148 valence electrons. The van der Waals surface area contributed by atoms with Crippen LogP contribution >= 0.6 is 0 Å². The number of benzene rings is 1. The zero-order valence-electron chi connectivity index (χ0n) is 15.9. The smallest absolute Gasteiger partial charge is 0.177 e. The van der Waals surface area contributed by atoms with Gasteiger partial charge in [-0.2, -0.15) is 0 Å². The molecule has 0 aliphatic heterocycles. The molecule has 4 rings (SSSR count). The maximum Gasteiger partial charge on any atom is 0.177 e. The molecule has 0 radical (unpaired) electrons. The molecule has 0 aliphatic carbocycles. The standard InChI is InChI=1S/C20H19N5O3S/c1-28-18-6-4-3-5-14(18)11-22-19-8-7-17(20-24-23-13-25(19)20)15-9-16(12-21-10-15)29(2,26)27/h3-10,12-13,22H,11H2,1-2H3. The SMILES string of the molecule is COc1ccccc1CNc1ccc(-c2cncc(S(C)(=O)=O)c2)c2nncn12. The summed E-state index contributed by atoms with van der Waals surface area (Å²) in [7, 11) is -1.71. The van der Waals surface area contributed by atoms with Gasteiger partial charge >= 0.3 is 0 Å². The van der Waals surface area contributed by atoms with Gasteiger partial charge in [0, 0.05) is 41.9 Å². The van der Waals surface area contributed by atoms with E-state index < -0.39 is 9.84 Å². The molecule has 3 heterocycles. The second-order valence-electron chi connectivity index (χ2n) is 6.50. The maximum absolute atomic E-state index is 11.9. The summed E-state index contributed by atoms with van der Waals surface area (Å²) in [5, 5.41) is 11.6. The van der Waals surface area contributed by atoms with E-state index in [2.05, 4.69) is 20.5 Å². The highest BCUT2D eigenvalue weighted by Crippen LogP contribution is 2.28. The number of anilines is 1. The second kappa shape index (κ2) is 7.51. The summed E-state index contributed by atoms with van der Waals surface area (Å²) in [4.78, 5) is 4.23. The van der Waals surface area contributed by atoms with E-state index in [1.165, 1.54) is 6.20 Å². The minimum Gasteiger partial charge on any atom is -0.496 e. The molecule has 8 nitrogen and oxygen atoms in total. The van der Waals surface area contributed by atoms with E-state index >= 15 is 0 Å². The largest absolute Gasteiger partial charge is 0.496 e. The molecule has 0 spiro atoms. The second-order valence-corrected chi connectivity index (χ2v) is 8.52. The van der Waals surface area contributed by atoms with Crippen LogP contribution in [0.2, 0.25) is 0 Å². The number of ether oxygens (including phenoxy) is 1. The molecule has 0 saturated carbocycles. The van der Waals surface area contributed by atoms with Crippen molar-refractivity contribution in [1.29, 1.82) is 0 Å². The van der Waals surface area contributed by atoms with Gasteiger partial charge in [-0.05, 0) is 24.3 Å². The molecule has 3 aromatic heterocycles. The van der Waals surface area contributed by atoms with Crippen LogP contribution in [-0.2, 0) is 16.4 Å². The lowest BCUT2D eigenvalue weighted by atomic mass is 10.1. The zero-order valence-corrected chi connectivity index (χ0v) is 16.7. The first kappa shape index (κ1) is 18.9. The third-order valence-corrected chi connectivity index (χ3v) is 5.64. The number of rotatable bonds is 6. The number of methoxy groups -OCH3 is 1. The van der Waals surface area contributed by atoms with Gasteiger partial charge in [0.1, 0.15) is 17.9 Å². The van der Waals surface area contributed by atoms with E-state index in [0.29, 0.717) is 17.8 Å². The lowest BCUT2D eigenvalue weighted by Gasteiger charge is -2.13. The van der Waals surface area contributed by atoms with Gasteiger partial charge in [-0.15, -0.1) is 10.2 Å². The summed E-state index contributed by atoms with van der Waals surface area (Å²) >= 11 is 0. The van der Waals surface area contributed by atoms with Crippen molar-refractivity contribution in [2.24, 2.45) is 0 Å². The molecule has 1 aromatic carbocycles. The van der Waals surface area contributed by atoms with Crippen molar-refractivity contribution >= 4 is 21.3 Å². The number of fused-ring (bicyclic) bond motifs is 1. The molecular formula is C20H19N5O3S. The van der Waals surface area contributed by atoms with E-state index in [4.69, 9.17) is 4.74 Å². The molecule has 29 heavy (non-hydrogen) atoms. The third kappa shape index (κ3) is 3.77. The van der Waals surface area contributed by atoms with Crippen LogP contribution in [0.1, 0.15) is 5.56 Å². The molecule has 0 atom stereocenters. The van der Waals surface area contributed by atoms with Gasteiger partial charge in [0.2, 0.25) is 0 Å². The van der Waals surface area contributed by atoms with Crippen molar-refractivity contribution in [2.75, 3.05) is 18.7 Å². The van der Waals surface area contributed by atoms with E-state index in [0.717, 1.165) is 29.0 Å². The predicted molar refractivity (Wildman–Crippen MR) is 110 cm³/mol. The molecule has 0 bridgehead atoms. The molecule has 0 fully saturated rings. The van der Waals surface area contributed by atoms with Crippen molar-refractivity contribution in [1.82, 2.24) is 19.6 Å². The number of nitrogens with zero attached hydrogens (tertiary/aromatic N) is 4. The van der Waals surface area contributed by atoms with Gasteiger partial charge in [-0.3, -0.25) is 9.38 Å². The molecule has 0 amide bonds. The molecule has 9 heteroatoms. The van der Waals surface area contributed by atoms with E-state index in [-0.39, 0.29) is 4.90 Å². The Morgan fingerprint density at radius 3 is 2.76 bits per heavy atom. The van der Waals surface area contributed by atoms with Crippen LogP contribution in [0.4, 0.5) is 5.82 Å². The summed E-state index contributed by atoms with van der Waals surface area (Å²) < 4.78 is 30.9. The van der Waals surface area contributed by atoms with Crippen molar-refractivity contribution in [3.05, 3.63) is 66.7 Å². The first-order chi connectivity index (χ1) is 14.0. The van der Waals surface area contributed by atoms with Gasteiger partial charge in [-0.1, -0.05) is 18.2 Å². The van der Waals surface area contributed by atoms with Crippen molar-refractivity contribution < 1.29 is 13.2 Å². The summed E-state index contributed by atoms with van der Waals surface area (Å²) in [5.41, 5.74) is 3.01. The number of hydrogen-bond donors (Lipinski definition) is 1. The van der Waals surface area contributed by atoms with Crippen molar-refractivity contribution in [3.8, 4) is 16.9 Å². The number of hydrogen-bond acceptors (Lipinski definition) is 7. The number of sulfone groups is 1. The number of aromatic nitrogens is 4. The Morgan fingerprint density at radius 1 is 1.14 bits per heavy atom. The maximum atomic E-state index is 11.9. The van der Waals surface area contributed by atoms with E-state index in [1.54, 1.807) is 25.7 Å². The van der Waals surface area contributed by atoms with Crippen LogP contribution in [-0.4, -0.2) is 41.4 Å². The Balaban J connectivity index is 1.70. The molecule has 1 N–H and O–H groups in total. The number of para-hydroxylation sites is 1.